The molecule has 184 valence electrons. The highest BCUT2D eigenvalue weighted by atomic mass is 16.5. The van der Waals surface area contributed by atoms with Crippen LogP contribution in [0.3, 0.4) is 0 Å². The molecule has 8 heteroatoms. The lowest BCUT2D eigenvalue weighted by molar-refractivity contribution is 0.0606. The Morgan fingerprint density at radius 2 is 1.65 bits per heavy atom. The molecule has 34 heavy (non-hydrogen) atoms. The number of methoxy groups -OCH3 is 1. The molecular formula is C26H32O8. The highest BCUT2D eigenvalue weighted by molar-refractivity contribution is 6.05. The summed E-state index contributed by atoms with van der Waals surface area (Å²) >= 11 is 0. The van der Waals surface area contributed by atoms with Gasteiger partial charge in [0.15, 0.2) is 11.6 Å². The molecule has 0 saturated carbocycles. The lowest BCUT2D eigenvalue weighted by Crippen LogP contribution is -2.36. The number of Topliss-reactive ketones (excluding diaryl/α,β-unsaturated/α-hetero) is 2. The third kappa shape index (κ3) is 3.91. The van der Waals surface area contributed by atoms with Crippen molar-refractivity contribution < 1.29 is 39.5 Å². The molecule has 1 atom stereocenters. The number of ether oxygens (including phenoxy) is 2. The molecule has 3 rings (SSSR count). The maximum atomic E-state index is 13.0. The van der Waals surface area contributed by atoms with Crippen LogP contribution in [-0.2, 0) is 6.42 Å². The van der Waals surface area contributed by atoms with Crippen LogP contribution >= 0.6 is 0 Å². The molecule has 2 aromatic rings. The van der Waals surface area contributed by atoms with Crippen LogP contribution < -0.4 is 9.47 Å². The molecule has 0 aliphatic carbocycles. The number of ketones is 2. The van der Waals surface area contributed by atoms with Crippen molar-refractivity contribution in [1.82, 2.24) is 0 Å². The van der Waals surface area contributed by atoms with Gasteiger partial charge in [-0.15, -0.1) is 0 Å². The second kappa shape index (κ2) is 8.74. The number of hydrogen-bond donors (Lipinski definition) is 4. The van der Waals surface area contributed by atoms with Gasteiger partial charge in [0.05, 0.1) is 13.5 Å². The summed E-state index contributed by atoms with van der Waals surface area (Å²) in [6.45, 7) is 10.00. The zero-order valence-corrected chi connectivity index (χ0v) is 20.6. The van der Waals surface area contributed by atoms with Gasteiger partial charge in [0.1, 0.15) is 51.2 Å². The SMILES string of the molecule is CC[C@@H](C)C(=O)c1c(O)c(C)c(OC)c(Cc2c(O)c(C)c(O)c3c2OC(C)(C)CC3=O)c1O. The van der Waals surface area contributed by atoms with E-state index in [9.17, 15) is 30.0 Å². The molecule has 4 N–H and O–H groups in total. The largest absolute Gasteiger partial charge is 0.507 e. The number of carbonyl (C=O) groups is 2. The lowest BCUT2D eigenvalue weighted by atomic mass is 9.86. The molecule has 0 saturated heterocycles. The average Bonchev–Trinajstić information content (AvgIpc) is 2.76. The second-order valence-corrected chi connectivity index (χ2v) is 9.53. The van der Waals surface area contributed by atoms with Gasteiger partial charge >= 0.3 is 0 Å². The summed E-state index contributed by atoms with van der Waals surface area (Å²) in [4.78, 5) is 25.8. The molecule has 0 radical (unpaired) electrons. The van der Waals surface area contributed by atoms with Gasteiger partial charge in [-0.25, -0.2) is 0 Å². The van der Waals surface area contributed by atoms with Crippen LogP contribution in [0.25, 0.3) is 0 Å². The van der Waals surface area contributed by atoms with Crippen molar-refractivity contribution in [3.63, 3.8) is 0 Å². The third-order valence-corrected chi connectivity index (χ3v) is 6.57. The maximum absolute atomic E-state index is 13.0. The van der Waals surface area contributed by atoms with Crippen molar-refractivity contribution in [3.8, 4) is 34.5 Å². The first kappa shape index (κ1) is 25.2. The fourth-order valence-corrected chi connectivity index (χ4v) is 4.39. The Hall–Kier alpha value is -3.42. The fraction of sp³-hybridized carbons (Fsp3) is 0.462. The van der Waals surface area contributed by atoms with Crippen molar-refractivity contribution in [2.75, 3.05) is 7.11 Å². The van der Waals surface area contributed by atoms with Gasteiger partial charge in [0.2, 0.25) is 0 Å². The Bertz CT molecular complexity index is 1190. The number of rotatable bonds is 6. The van der Waals surface area contributed by atoms with Gasteiger partial charge in [0, 0.05) is 34.6 Å². The van der Waals surface area contributed by atoms with E-state index >= 15 is 0 Å². The van der Waals surface area contributed by atoms with Crippen LogP contribution in [-0.4, -0.2) is 44.7 Å². The molecule has 1 aliphatic heterocycles. The smallest absolute Gasteiger partial charge is 0.174 e. The van der Waals surface area contributed by atoms with E-state index in [1.165, 1.54) is 14.0 Å². The monoisotopic (exact) mass is 472 g/mol. The molecule has 0 spiro atoms. The van der Waals surface area contributed by atoms with Crippen LogP contribution in [0.4, 0.5) is 0 Å². The van der Waals surface area contributed by atoms with Crippen molar-refractivity contribution in [2.24, 2.45) is 5.92 Å². The van der Waals surface area contributed by atoms with Gasteiger partial charge in [-0.1, -0.05) is 13.8 Å². The van der Waals surface area contributed by atoms with Crippen molar-refractivity contribution >= 4 is 11.6 Å². The molecule has 0 aromatic heterocycles. The summed E-state index contributed by atoms with van der Waals surface area (Å²) in [6.07, 6.45) is 0.363. The number of phenols is 4. The minimum atomic E-state index is -0.887. The van der Waals surface area contributed by atoms with Crippen LogP contribution in [0, 0.1) is 19.8 Å². The van der Waals surface area contributed by atoms with E-state index in [2.05, 4.69) is 0 Å². The first-order valence-electron chi connectivity index (χ1n) is 11.2. The minimum Gasteiger partial charge on any atom is -0.507 e. The Morgan fingerprint density at radius 3 is 2.21 bits per heavy atom. The Kier molecular flexibility index (Phi) is 6.48. The third-order valence-electron chi connectivity index (χ3n) is 6.57. The summed E-state index contributed by atoms with van der Waals surface area (Å²) in [5.74, 6) is -2.55. The zero-order valence-electron chi connectivity index (χ0n) is 20.6. The topological polar surface area (TPSA) is 134 Å². The van der Waals surface area contributed by atoms with Crippen LogP contribution in [0.1, 0.15) is 83.5 Å². The van der Waals surface area contributed by atoms with Crippen molar-refractivity contribution in [2.45, 2.75) is 66.4 Å². The van der Waals surface area contributed by atoms with Gasteiger partial charge < -0.3 is 29.9 Å². The van der Waals surface area contributed by atoms with Gasteiger partial charge in [-0.2, -0.15) is 0 Å². The molecule has 0 bridgehead atoms. The number of fused-ring (bicyclic) bond motifs is 1. The molecule has 1 aliphatic rings. The van der Waals surface area contributed by atoms with Crippen molar-refractivity contribution in [1.29, 1.82) is 0 Å². The normalized spacial score (nSPS) is 15.4. The molecule has 1 heterocycles. The number of carbonyl (C=O) groups excluding carboxylic acids is 2. The Balaban J connectivity index is 2.33. The first-order valence-corrected chi connectivity index (χ1v) is 11.2. The van der Waals surface area contributed by atoms with Gasteiger partial charge in [0.25, 0.3) is 0 Å². The standard InChI is InChI=1S/C26H32O8/c1-8-11(2)19(28)18-22(31)13(4)24(33-7)15(23(18)32)9-14-20(29)12(3)21(30)17-16(27)10-26(5,6)34-25(14)17/h11,29-32H,8-10H2,1-7H3/t11-/m1/s1. The first-order chi connectivity index (χ1) is 15.8. The van der Waals surface area contributed by atoms with E-state index in [1.54, 1.807) is 27.7 Å². The number of aromatic hydroxyl groups is 4. The molecule has 8 nitrogen and oxygen atoms in total. The summed E-state index contributed by atoms with van der Waals surface area (Å²) in [5.41, 5.74) is -0.489. The molecular weight excluding hydrogens is 440 g/mol. The zero-order chi connectivity index (χ0) is 25.7. The average molecular weight is 473 g/mol. The Labute approximate surface area is 198 Å². The number of benzene rings is 2. The molecule has 2 aromatic carbocycles. The molecule has 0 amide bonds. The predicted octanol–water partition coefficient (Wildman–Crippen LogP) is 4.70. The highest BCUT2D eigenvalue weighted by Gasteiger charge is 2.39. The van der Waals surface area contributed by atoms with E-state index < -0.39 is 23.1 Å². The van der Waals surface area contributed by atoms with Crippen molar-refractivity contribution in [3.05, 3.63) is 33.4 Å². The summed E-state index contributed by atoms with van der Waals surface area (Å²) in [6, 6.07) is 0. The van der Waals surface area contributed by atoms with E-state index in [-0.39, 0.29) is 80.8 Å². The Morgan fingerprint density at radius 1 is 1.03 bits per heavy atom. The van der Waals surface area contributed by atoms with Gasteiger partial charge in [-0.05, 0) is 34.1 Å². The second-order valence-electron chi connectivity index (χ2n) is 9.53. The van der Waals surface area contributed by atoms with E-state index in [0.717, 1.165) is 0 Å². The summed E-state index contributed by atoms with van der Waals surface area (Å²) in [5, 5.41) is 43.4. The van der Waals surface area contributed by atoms with E-state index in [4.69, 9.17) is 9.47 Å². The van der Waals surface area contributed by atoms with E-state index in [0.29, 0.717) is 6.42 Å². The van der Waals surface area contributed by atoms with Crippen LogP contribution in [0.2, 0.25) is 0 Å². The number of hydrogen-bond acceptors (Lipinski definition) is 8. The number of phenolic OH excluding ortho intramolecular Hbond substituents is 4. The summed E-state index contributed by atoms with van der Waals surface area (Å²) < 4.78 is 11.5. The molecule has 0 fully saturated rings. The fourth-order valence-electron chi connectivity index (χ4n) is 4.39. The lowest BCUT2D eigenvalue weighted by Gasteiger charge is -2.34. The van der Waals surface area contributed by atoms with Crippen LogP contribution in [0.15, 0.2) is 0 Å². The molecule has 0 unspecified atom stereocenters. The predicted molar refractivity (Wildman–Crippen MR) is 126 cm³/mol. The minimum absolute atomic E-state index is 0.0174. The van der Waals surface area contributed by atoms with E-state index in [1.807, 2.05) is 6.92 Å². The maximum Gasteiger partial charge on any atom is 0.174 e. The quantitative estimate of drug-likeness (QED) is 0.445. The highest BCUT2D eigenvalue weighted by Crippen LogP contribution is 2.50. The van der Waals surface area contributed by atoms with Crippen LogP contribution in [0.5, 0.6) is 34.5 Å². The van der Waals surface area contributed by atoms with Gasteiger partial charge in [-0.3, -0.25) is 9.59 Å². The summed E-state index contributed by atoms with van der Waals surface area (Å²) in [7, 11) is 1.36.